The molecule has 148 valence electrons. The Hall–Kier alpha value is -2.34. The van der Waals surface area contributed by atoms with E-state index in [-0.39, 0.29) is 0 Å². The summed E-state index contributed by atoms with van der Waals surface area (Å²) >= 11 is 0. The highest BCUT2D eigenvalue weighted by atomic mass is 16.3. The zero-order valence-electron chi connectivity index (χ0n) is 16.9. The van der Waals surface area contributed by atoms with Crippen molar-refractivity contribution in [3.8, 4) is 11.3 Å². The lowest BCUT2D eigenvalue weighted by Gasteiger charge is -2.48. The van der Waals surface area contributed by atoms with E-state index in [9.17, 15) is 5.11 Å². The van der Waals surface area contributed by atoms with Gasteiger partial charge in [0.2, 0.25) is 0 Å². The molecule has 2 atom stereocenters. The summed E-state index contributed by atoms with van der Waals surface area (Å²) in [5, 5.41) is 16.0. The lowest BCUT2D eigenvalue weighted by atomic mass is 9.71. The Morgan fingerprint density at radius 2 is 2.07 bits per heavy atom. The molecule has 0 aromatic carbocycles. The largest absolute Gasteiger partial charge is 0.469 e. The zero-order valence-corrected chi connectivity index (χ0v) is 16.9. The summed E-state index contributed by atoms with van der Waals surface area (Å²) in [6.07, 6.45) is 6.95. The third-order valence-electron chi connectivity index (χ3n) is 6.91. The third-order valence-corrected chi connectivity index (χ3v) is 6.91. The highest BCUT2D eigenvalue weighted by Crippen LogP contribution is 2.41. The molecule has 2 aliphatic rings. The second-order valence-electron chi connectivity index (χ2n) is 8.58. The molecule has 28 heavy (non-hydrogen) atoms. The van der Waals surface area contributed by atoms with E-state index in [1.165, 1.54) is 6.42 Å². The van der Waals surface area contributed by atoms with E-state index >= 15 is 0 Å². The van der Waals surface area contributed by atoms with E-state index in [1.807, 2.05) is 23.6 Å². The molecule has 1 N–H and O–H groups in total. The smallest absolute Gasteiger partial charge is 0.158 e. The van der Waals surface area contributed by atoms with Crippen molar-refractivity contribution in [2.24, 2.45) is 5.92 Å². The van der Waals surface area contributed by atoms with Crippen molar-refractivity contribution in [3.05, 3.63) is 35.4 Å². The van der Waals surface area contributed by atoms with Crippen LogP contribution in [-0.2, 0) is 0 Å². The fourth-order valence-electron chi connectivity index (χ4n) is 5.10. The Bertz CT molecular complexity index is 1040. The first-order valence-electron chi connectivity index (χ1n) is 10.3. The van der Waals surface area contributed by atoms with Gasteiger partial charge in [-0.3, -0.25) is 0 Å². The van der Waals surface area contributed by atoms with Gasteiger partial charge in [0.1, 0.15) is 11.6 Å². The van der Waals surface area contributed by atoms with Gasteiger partial charge in [-0.15, -0.1) is 0 Å². The molecule has 0 amide bonds. The van der Waals surface area contributed by atoms with Crippen LogP contribution < -0.4 is 4.90 Å². The van der Waals surface area contributed by atoms with Crippen molar-refractivity contribution in [3.63, 3.8) is 0 Å². The van der Waals surface area contributed by atoms with Crippen LogP contribution in [-0.4, -0.2) is 38.4 Å². The van der Waals surface area contributed by atoms with Crippen LogP contribution >= 0.6 is 0 Å². The van der Waals surface area contributed by atoms with E-state index in [0.29, 0.717) is 5.92 Å². The molecular weight excluding hydrogens is 352 g/mol. The molecule has 1 saturated carbocycles. The molecule has 0 unspecified atom stereocenters. The average molecular weight is 380 g/mol. The Kier molecular flexibility index (Phi) is 4.02. The quantitative estimate of drug-likeness (QED) is 0.727. The van der Waals surface area contributed by atoms with Crippen LogP contribution in [0.25, 0.3) is 16.9 Å². The highest BCUT2D eigenvalue weighted by Gasteiger charge is 2.43. The fourth-order valence-corrected chi connectivity index (χ4v) is 5.10. The minimum atomic E-state index is -0.479. The molecule has 6 heteroatoms. The Morgan fingerprint density at radius 3 is 2.86 bits per heavy atom. The van der Waals surface area contributed by atoms with Crippen molar-refractivity contribution in [1.29, 1.82) is 0 Å². The second kappa shape index (κ2) is 6.34. The zero-order chi connectivity index (χ0) is 19.5. The van der Waals surface area contributed by atoms with E-state index in [1.54, 1.807) is 6.26 Å². The number of hydrogen-bond acceptors (Lipinski definition) is 5. The second-order valence-corrected chi connectivity index (χ2v) is 8.58. The lowest BCUT2D eigenvalue weighted by Crippen LogP contribution is -2.54. The van der Waals surface area contributed by atoms with E-state index in [0.717, 1.165) is 78.5 Å². The lowest BCUT2D eigenvalue weighted by molar-refractivity contribution is -0.0614. The van der Waals surface area contributed by atoms with Crippen LogP contribution in [0.2, 0.25) is 0 Å². The Labute approximate surface area is 165 Å². The van der Waals surface area contributed by atoms with Gasteiger partial charge in [-0.2, -0.15) is 9.61 Å². The molecule has 0 radical (unpaired) electrons. The van der Waals surface area contributed by atoms with Crippen molar-refractivity contribution < 1.29 is 9.52 Å². The first-order chi connectivity index (χ1) is 13.5. The van der Waals surface area contributed by atoms with Gasteiger partial charge in [-0.1, -0.05) is 12.8 Å². The number of fused-ring (bicyclic) bond motifs is 2. The first-order valence-corrected chi connectivity index (χ1v) is 10.3. The van der Waals surface area contributed by atoms with Crippen molar-refractivity contribution >= 4 is 11.5 Å². The highest BCUT2D eigenvalue weighted by molar-refractivity contribution is 5.68. The third kappa shape index (κ3) is 2.65. The number of nitrogens with zero attached hydrogens (tertiary/aromatic N) is 4. The molecule has 0 bridgehead atoms. The minimum Gasteiger partial charge on any atom is -0.469 e. The number of anilines is 1. The molecule has 2 fully saturated rings. The van der Waals surface area contributed by atoms with Gasteiger partial charge in [0.05, 0.1) is 17.6 Å². The van der Waals surface area contributed by atoms with E-state index < -0.39 is 5.60 Å². The maximum Gasteiger partial charge on any atom is 0.158 e. The number of piperidine rings is 1. The average Bonchev–Trinajstić information content (AvgIpc) is 3.28. The molecule has 4 heterocycles. The number of aliphatic hydroxyl groups is 1. The van der Waals surface area contributed by atoms with Gasteiger partial charge in [0, 0.05) is 41.9 Å². The van der Waals surface area contributed by atoms with Crippen molar-refractivity contribution in [2.75, 3.05) is 18.0 Å². The van der Waals surface area contributed by atoms with Gasteiger partial charge in [0.25, 0.3) is 0 Å². The summed E-state index contributed by atoms with van der Waals surface area (Å²) in [6.45, 7) is 7.89. The maximum atomic E-state index is 11.1. The molecule has 1 aliphatic heterocycles. The summed E-state index contributed by atoms with van der Waals surface area (Å²) in [5.74, 6) is 2.32. The van der Waals surface area contributed by atoms with Gasteiger partial charge in [-0.25, -0.2) is 4.98 Å². The van der Waals surface area contributed by atoms with Gasteiger partial charge in [0.15, 0.2) is 5.65 Å². The normalized spacial score (nSPS) is 25.3. The summed E-state index contributed by atoms with van der Waals surface area (Å²) in [4.78, 5) is 7.20. The summed E-state index contributed by atoms with van der Waals surface area (Å²) < 4.78 is 7.45. The van der Waals surface area contributed by atoms with Crippen molar-refractivity contribution in [2.45, 2.75) is 58.5 Å². The number of rotatable bonds is 2. The molecular formula is C22H28N4O2. The van der Waals surface area contributed by atoms with Crippen molar-refractivity contribution in [1.82, 2.24) is 14.6 Å². The number of hydrogen-bond donors (Lipinski definition) is 1. The van der Waals surface area contributed by atoms with Crippen LogP contribution in [0.5, 0.6) is 0 Å². The van der Waals surface area contributed by atoms with Crippen LogP contribution in [0.3, 0.4) is 0 Å². The number of aromatic nitrogens is 3. The molecule has 1 aliphatic carbocycles. The van der Waals surface area contributed by atoms with Crippen LogP contribution in [0.1, 0.15) is 49.1 Å². The molecule has 1 saturated heterocycles. The molecule has 0 spiro atoms. The molecule has 5 rings (SSSR count). The minimum absolute atomic E-state index is 0.337. The molecule has 3 aromatic rings. The standard InChI is InChI=1S/C22H28N4O2/c1-14-15(2)23-20-12-19(18-7-11-28-16(18)3)24-26(20)21(14)25-10-9-22(27)8-5-4-6-17(22)13-25/h7,11-12,17,27H,4-6,8-10,13H2,1-3H3/t17-,22-/m0/s1. The summed E-state index contributed by atoms with van der Waals surface area (Å²) in [7, 11) is 0. The predicted molar refractivity (Wildman–Crippen MR) is 109 cm³/mol. The monoisotopic (exact) mass is 380 g/mol. The fraction of sp³-hybridized carbons (Fsp3) is 0.545. The summed E-state index contributed by atoms with van der Waals surface area (Å²) in [5.41, 5.74) is 4.46. The maximum absolute atomic E-state index is 11.1. The SMILES string of the molecule is Cc1nc2cc(-c3ccoc3C)nn2c(N2CC[C@@]3(O)CCCC[C@H]3C2)c1C. The molecule has 3 aromatic heterocycles. The van der Waals surface area contributed by atoms with Crippen LogP contribution in [0.4, 0.5) is 5.82 Å². The Morgan fingerprint density at radius 1 is 1.21 bits per heavy atom. The van der Waals surface area contributed by atoms with E-state index in [4.69, 9.17) is 14.5 Å². The number of aryl methyl sites for hydroxylation is 2. The van der Waals surface area contributed by atoms with Gasteiger partial charge >= 0.3 is 0 Å². The molecule has 6 nitrogen and oxygen atoms in total. The first kappa shape index (κ1) is 17.7. The van der Waals surface area contributed by atoms with Gasteiger partial charge in [-0.05, 0) is 46.1 Å². The summed E-state index contributed by atoms with van der Waals surface area (Å²) in [6, 6.07) is 3.99. The van der Waals surface area contributed by atoms with Crippen LogP contribution in [0.15, 0.2) is 22.8 Å². The van der Waals surface area contributed by atoms with E-state index in [2.05, 4.69) is 18.7 Å². The topological polar surface area (TPSA) is 66.8 Å². The van der Waals surface area contributed by atoms with Crippen LogP contribution in [0, 0.1) is 26.7 Å². The van der Waals surface area contributed by atoms with Gasteiger partial charge < -0.3 is 14.4 Å². The Balaban J connectivity index is 1.59. The number of furan rings is 1. The predicted octanol–water partition coefficient (Wildman–Crippen LogP) is 4.05.